The number of sulfone groups is 1. The van der Waals surface area contributed by atoms with E-state index in [0.717, 1.165) is 4.90 Å². The molecule has 3 rings (SSSR count). The van der Waals surface area contributed by atoms with E-state index in [9.17, 15) is 18.0 Å². The average molecular weight is 465 g/mol. The van der Waals surface area contributed by atoms with Gasteiger partial charge < -0.3 is 20.1 Å². The Bertz CT molecular complexity index is 1100. The predicted molar refractivity (Wildman–Crippen MR) is 120 cm³/mol. The van der Waals surface area contributed by atoms with Gasteiger partial charge in [-0.25, -0.2) is 8.42 Å². The molecule has 0 saturated carbocycles. The molecule has 0 spiro atoms. The SMILES string of the molecule is CC[C@H]1Sc2ccc(S(=O)(=O)CCC(=O)Nc3cc(OC)ccc3OC)cc2NC1=O. The van der Waals surface area contributed by atoms with Crippen LogP contribution in [0.4, 0.5) is 11.4 Å². The maximum absolute atomic E-state index is 12.8. The molecule has 0 unspecified atom stereocenters. The Labute approximate surface area is 185 Å². The number of carbonyl (C=O) groups is 2. The second-order valence-electron chi connectivity index (χ2n) is 6.85. The molecule has 8 nitrogen and oxygen atoms in total. The van der Waals surface area contributed by atoms with Crippen molar-refractivity contribution in [2.45, 2.75) is 34.8 Å². The van der Waals surface area contributed by atoms with Gasteiger partial charge in [0.15, 0.2) is 9.84 Å². The summed E-state index contributed by atoms with van der Waals surface area (Å²) in [5.41, 5.74) is 0.870. The predicted octanol–water partition coefficient (Wildman–Crippen LogP) is 3.33. The summed E-state index contributed by atoms with van der Waals surface area (Å²) in [6.07, 6.45) is 0.446. The zero-order valence-electron chi connectivity index (χ0n) is 17.4. The molecule has 2 aromatic carbocycles. The van der Waals surface area contributed by atoms with Crippen LogP contribution in [0, 0.1) is 0 Å². The van der Waals surface area contributed by atoms with Crippen LogP contribution in [0.1, 0.15) is 19.8 Å². The van der Waals surface area contributed by atoms with Gasteiger partial charge in [-0.1, -0.05) is 6.92 Å². The van der Waals surface area contributed by atoms with Gasteiger partial charge in [0.1, 0.15) is 11.5 Å². The molecule has 1 aliphatic heterocycles. The number of thioether (sulfide) groups is 1. The molecule has 0 saturated heterocycles. The van der Waals surface area contributed by atoms with Gasteiger partial charge in [0.25, 0.3) is 0 Å². The highest BCUT2D eigenvalue weighted by Gasteiger charge is 2.27. The minimum atomic E-state index is -3.72. The molecule has 2 N–H and O–H groups in total. The molecule has 2 amide bonds. The molecule has 31 heavy (non-hydrogen) atoms. The smallest absolute Gasteiger partial charge is 0.237 e. The van der Waals surface area contributed by atoms with Crippen LogP contribution in [0.2, 0.25) is 0 Å². The second-order valence-corrected chi connectivity index (χ2v) is 10.2. The van der Waals surface area contributed by atoms with Crippen LogP contribution < -0.4 is 20.1 Å². The van der Waals surface area contributed by atoms with Crippen LogP contribution in [0.3, 0.4) is 0 Å². The summed E-state index contributed by atoms with van der Waals surface area (Å²) in [6.45, 7) is 1.92. The number of anilines is 2. The second kappa shape index (κ2) is 9.61. The van der Waals surface area contributed by atoms with Crippen LogP contribution in [0.25, 0.3) is 0 Å². The van der Waals surface area contributed by atoms with E-state index in [4.69, 9.17) is 9.47 Å². The lowest BCUT2D eigenvalue weighted by Crippen LogP contribution is -2.28. The Morgan fingerprint density at radius 3 is 2.61 bits per heavy atom. The summed E-state index contributed by atoms with van der Waals surface area (Å²) in [4.78, 5) is 25.3. The minimum Gasteiger partial charge on any atom is -0.497 e. The number of ether oxygens (including phenoxy) is 2. The Kier molecular flexibility index (Phi) is 7.11. The number of methoxy groups -OCH3 is 2. The fourth-order valence-corrected chi connectivity index (χ4v) is 5.35. The third-order valence-corrected chi connectivity index (χ3v) is 7.93. The van der Waals surface area contributed by atoms with Crippen molar-refractivity contribution in [3.63, 3.8) is 0 Å². The molecule has 0 bridgehead atoms. The van der Waals surface area contributed by atoms with Gasteiger partial charge in [0.05, 0.1) is 41.5 Å². The molecule has 10 heteroatoms. The lowest BCUT2D eigenvalue weighted by Gasteiger charge is -2.23. The van der Waals surface area contributed by atoms with Gasteiger partial charge in [-0.3, -0.25) is 9.59 Å². The van der Waals surface area contributed by atoms with Crippen molar-refractivity contribution in [2.75, 3.05) is 30.6 Å². The molecule has 0 radical (unpaired) electrons. The van der Waals surface area contributed by atoms with E-state index in [1.807, 2.05) is 6.92 Å². The van der Waals surface area contributed by atoms with Crippen molar-refractivity contribution in [3.05, 3.63) is 36.4 Å². The summed E-state index contributed by atoms with van der Waals surface area (Å²) < 4.78 is 35.9. The number of benzene rings is 2. The Morgan fingerprint density at radius 2 is 1.94 bits per heavy atom. The Hall–Kier alpha value is -2.72. The highest BCUT2D eigenvalue weighted by molar-refractivity contribution is 8.01. The number of carbonyl (C=O) groups excluding carboxylic acids is 2. The number of nitrogens with one attached hydrogen (secondary N) is 2. The maximum Gasteiger partial charge on any atom is 0.237 e. The molecule has 2 aromatic rings. The summed E-state index contributed by atoms with van der Waals surface area (Å²) >= 11 is 1.42. The van der Waals surface area contributed by atoms with Gasteiger partial charge in [0, 0.05) is 17.4 Å². The first-order chi connectivity index (χ1) is 14.8. The molecule has 0 aromatic heterocycles. The van der Waals surface area contributed by atoms with Gasteiger partial charge >= 0.3 is 0 Å². The molecule has 1 aliphatic rings. The molecular weight excluding hydrogens is 440 g/mol. The first-order valence-electron chi connectivity index (χ1n) is 9.63. The molecule has 166 valence electrons. The van der Waals surface area contributed by atoms with E-state index in [1.165, 1.54) is 38.1 Å². The standard InChI is InChI=1S/C21H24N2O6S2/c1-4-18-21(25)23-16-12-14(6-8-19(16)30-18)31(26,27)10-9-20(24)22-15-11-13(28-2)5-7-17(15)29-3/h5-8,11-12,18H,4,9-10H2,1-3H3,(H,22,24)(H,23,25)/t18-/m1/s1. The third kappa shape index (κ3) is 5.31. The summed E-state index contributed by atoms with van der Waals surface area (Å²) in [5, 5.41) is 5.24. The fourth-order valence-electron chi connectivity index (χ4n) is 3.06. The maximum atomic E-state index is 12.8. The van der Waals surface area contributed by atoms with Crippen molar-refractivity contribution in [1.82, 2.24) is 0 Å². The normalized spacial score (nSPS) is 15.6. The van der Waals surface area contributed by atoms with E-state index >= 15 is 0 Å². The van der Waals surface area contributed by atoms with Crippen molar-refractivity contribution in [3.8, 4) is 11.5 Å². The first-order valence-corrected chi connectivity index (χ1v) is 12.2. The fraction of sp³-hybridized carbons (Fsp3) is 0.333. The summed E-state index contributed by atoms with van der Waals surface area (Å²) in [6, 6.07) is 9.58. The van der Waals surface area contributed by atoms with Crippen molar-refractivity contribution >= 4 is 44.8 Å². The van der Waals surface area contributed by atoms with Crippen LogP contribution in [-0.4, -0.2) is 45.5 Å². The van der Waals surface area contributed by atoms with Gasteiger partial charge in [0.2, 0.25) is 11.8 Å². The Morgan fingerprint density at radius 1 is 1.16 bits per heavy atom. The number of hydrogen-bond donors (Lipinski definition) is 2. The highest BCUT2D eigenvalue weighted by Crippen LogP contribution is 2.38. The Balaban J connectivity index is 1.69. The lowest BCUT2D eigenvalue weighted by molar-refractivity contribution is -0.116. The number of hydrogen-bond acceptors (Lipinski definition) is 7. The monoisotopic (exact) mass is 464 g/mol. The quantitative estimate of drug-likeness (QED) is 0.616. The van der Waals surface area contributed by atoms with Crippen molar-refractivity contribution in [1.29, 1.82) is 0 Å². The summed E-state index contributed by atoms with van der Waals surface area (Å²) in [5.74, 6) is -0.0139. The number of amides is 2. The van der Waals surface area contributed by atoms with E-state index < -0.39 is 15.7 Å². The third-order valence-electron chi connectivity index (χ3n) is 4.78. The van der Waals surface area contributed by atoms with E-state index in [2.05, 4.69) is 10.6 Å². The van der Waals surface area contributed by atoms with Crippen LogP contribution in [0.15, 0.2) is 46.2 Å². The van der Waals surface area contributed by atoms with Crippen molar-refractivity contribution < 1.29 is 27.5 Å². The van der Waals surface area contributed by atoms with E-state index in [-0.39, 0.29) is 28.2 Å². The van der Waals surface area contributed by atoms with Gasteiger partial charge in [-0.15, -0.1) is 11.8 Å². The molecule has 1 heterocycles. The molecule has 0 aliphatic carbocycles. The molecule has 1 atom stereocenters. The number of fused-ring (bicyclic) bond motifs is 1. The highest BCUT2D eigenvalue weighted by atomic mass is 32.2. The number of rotatable bonds is 8. The molecular formula is C21H24N2O6S2. The minimum absolute atomic E-state index is 0.0638. The van der Waals surface area contributed by atoms with Crippen LogP contribution in [-0.2, 0) is 19.4 Å². The van der Waals surface area contributed by atoms with Crippen molar-refractivity contribution in [2.24, 2.45) is 0 Å². The van der Waals surface area contributed by atoms with Crippen LogP contribution >= 0.6 is 11.8 Å². The van der Waals surface area contributed by atoms with E-state index in [1.54, 1.807) is 24.3 Å². The first kappa shape index (κ1) is 23.0. The molecule has 0 fully saturated rings. The topological polar surface area (TPSA) is 111 Å². The average Bonchev–Trinajstić information content (AvgIpc) is 2.76. The largest absolute Gasteiger partial charge is 0.497 e. The zero-order chi connectivity index (χ0) is 22.6. The summed E-state index contributed by atoms with van der Waals surface area (Å²) in [7, 11) is -0.752. The van der Waals surface area contributed by atoms with Crippen LogP contribution in [0.5, 0.6) is 11.5 Å². The van der Waals surface area contributed by atoms with Gasteiger partial charge in [-0.2, -0.15) is 0 Å². The zero-order valence-corrected chi connectivity index (χ0v) is 19.1. The van der Waals surface area contributed by atoms with E-state index in [0.29, 0.717) is 29.3 Å². The lowest BCUT2D eigenvalue weighted by atomic mass is 10.2. The van der Waals surface area contributed by atoms with Gasteiger partial charge in [-0.05, 0) is 36.8 Å².